The van der Waals surface area contributed by atoms with E-state index in [9.17, 15) is 13.5 Å². The van der Waals surface area contributed by atoms with Crippen molar-refractivity contribution < 1.29 is 13.5 Å². The van der Waals surface area contributed by atoms with E-state index < -0.39 is 10.0 Å². The van der Waals surface area contributed by atoms with Crippen molar-refractivity contribution in [3.05, 3.63) is 89.4 Å². The molecular formula is C19H15ClN2O3S. The average molecular weight is 387 g/mol. The van der Waals surface area contributed by atoms with E-state index in [2.05, 4.69) is 9.71 Å². The van der Waals surface area contributed by atoms with Crippen LogP contribution in [0.4, 0.5) is 5.69 Å². The van der Waals surface area contributed by atoms with Crippen molar-refractivity contribution in [3.8, 4) is 5.75 Å². The number of halogens is 1. The number of rotatable bonds is 4. The van der Waals surface area contributed by atoms with Crippen molar-refractivity contribution >= 4 is 33.1 Å². The van der Waals surface area contributed by atoms with Gasteiger partial charge in [-0.25, -0.2) is 0 Å². The van der Waals surface area contributed by atoms with Gasteiger partial charge in [0.1, 0.15) is 5.75 Å². The first-order valence-corrected chi connectivity index (χ1v) is 9.48. The number of benzene rings is 3. The van der Waals surface area contributed by atoms with Crippen LogP contribution in [0, 0.1) is 0 Å². The van der Waals surface area contributed by atoms with Crippen molar-refractivity contribution in [2.75, 3.05) is 5.32 Å². The first kappa shape index (κ1) is 18.0. The number of sulfonamides is 1. The normalized spacial score (nSPS) is 12.0. The minimum absolute atomic E-state index is 0.0443. The van der Waals surface area contributed by atoms with Gasteiger partial charge in [-0.1, -0.05) is 41.9 Å². The largest absolute Gasteiger partial charge is 0.508 e. The van der Waals surface area contributed by atoms with Gasteiger partial charge in [-0.05, 0) is 48.5 Å². The van der Waals surface area contributed by atoms with E-state index in [1.54, 1.807) is 36.4 Å². The summed E-state index contributed by atoms with van der Waals surface area (Å²) in [5.41, 5.74) is 1.20. The fraction of sp³-hybridized carbons (Fsp3) is 0. The van der Waals surface area contributed by atoms with Gasteiger partial charge in [-0.2, -0.15) is 8.42 Å². The third-order valence-electron chi connectivity index (χ3n) is 3.50. The van der Waals surface area contributed by atoms with E-state index in [0.717, 1.165) is 0 Å². The molecule has 0 atom stereocenters. The summed E-state index contributed by atoms with van der Waals surface area (Å²) in [6.07, 6.45) is 0. The molecule has 0 radical (unpaired) electrons. The van der Waals surface area contributed by atoms with Crippen LogP contribution in [0.25, 0.3) is 0 Å². The second kappa shape index (κ2) is 7.59. The lowest BCUT2D eigenvalue weighted by Gasteiger charge is -2.11. The second-order valence-corrected chi connectivity index (χ2v) is 7.45. The second-order valence-electron chi connectivity index (χ2n) is 5.41. The number of phenolic OH excluding ortho intramolecular Hbond substituents is 1. The highest BCUT2D eigenvalue weighted by Crippen LogP contribution is 2.19. The Labute approximate surface area is 156 Å². The summed E-state index contributed by atoms with van der Waals surface area (Å²) in [5.74, 6) is 0.286. The molecule has 3 aromatic rings. The van der Waals surface area contributed by atoms with Crippen LogP contribution in [-0.4, -0.2) is 19.4 Å². The number of hydrogen-bond acceptors (Lipinski definition) is 3. The highest BCUT2D eigenvalue weighted by atomic mass is 35.5. The Balaban J connectivity index is 2.03. The lowest BCUT2D eigenvalue weighted by atomic mass is 10.2. The topological polar surface area (TPSA) is 78.8 Å². The van der Waals surface area contributed by atoms with Crippen LogP contribution >= 0.6 is 11.6 Å². The predicted octanol–water partition coefficient (Wildman–Crippen LogP) is 4.29. The Kier molecular flexibility index (Phi) is 5.25. The van der Waals surface area contributed by atoms with Crippen LogP contribution in [0.15, 0.2) is 88.2 Å². The van der Waals surface area contributed by atoms with E-state index in [1.165, 1.54) is 36.4 Å². The minimum Gasteiger partial charge on any atom is -0.508 e. The molecule has 0 unspecified atom stereocenters. The summed E-state index contributed by atoms with van der Waals surface area (Å²) in [6.45, 7) is 0. The quantitative estimate of drug-likeness (QED) is 0.398. The first-order valence-electron chi connectivity index (χ1n) is 7.66. The lowest BCUT2D eigenvalue weighted by molar-refractivity contribution is 0.475. The number of amidine groups is 1. The first-order chi connectivity index (χ1) is 12.4. The SMILES string of the molecule is O=S(=O)(N=C(Nc1ccc(O)cc1)c1ccccc1)c1ccc(Cl)cc1. The molecule has 0 aromatic heterocycles. The Morgan fingerprint density at radius 2 is 1.50 bits per heavy atom. The van der Waals surface area contributed by atoms with E-state index in [4.69, 9.17) is 11.6 Å². The average Bonchev–Trinajstić information content (AvgIpc) is 2.64. The number of nitrogens with one attached hydrogen (secondary N) is 1. The van der Waals surface area contributed by atoms with E-state index in [1.807, 2.05) is 6.07 Å². The summed E-state index contributed by atoms with van der Waals surface area (Å²) in [6, 6.07) is 21.0. The fourth-order valence-electron chi connectivity index (χ4n) is 2.20. The third kappa shape index (κ3) is 4.41. The molecule has 0 aliphatic rings. The molecular weight excluding hydrogens is 372 g/mol. The lowest BCUT2D eigenvalue weighted by Crippen LogP contribution is -2.16. The number of aromatic hydroxyl groups is 1. The Morgan fingerprint density at radius 3 is 2.12 bits per heavy atom. The summed E-state index contributed by atoms with van der Waals surface area (Å²) in [4.78, 5) is 0.0443. The molecule has 0 saturated carbocycles. The smallest absolute Gasteiger partial charge is 0.284 e. The monoisotopic (exact) mass is 386 g/mol. The van der Waals surface area contributed by atoms with Gasteiger partial charge in [0.15, 0.2) is 5.84 Å². The maximum atomic E-state index is 12.7. The van der Waals surface area contributed by atoms with Gasteiger partial charge in [-0.15, -0.1) is 4.40 Å². The molecule has 3 aromatic carbocycles. The number of hydrogen-bond donors (Lipinski definition) is 2. The number of phenols is 1. The van der Waals surface area contributed by atoms with E-state index >= 15 is 0 Å². The number of nitrogens with zero attached hydrogens (tertiary/aromatic N) is 1. The minimum atomic E-state index is -3.94. The van der Waals surface area contributed by atoms with Crippen LogP contribution in [0.1, 0.15) is 5.56 Å². The summed E-state index contributed by atoms with van der Waals surface area (Å²) < 4.78 is 29.3. The number of anilines is 1. The highest BCUT2D eigenvalue weighted by Gasteiger charge is 2.16. The third-order valence-corrected chi connectivity index (χ3v) is 5.04. The summed E-state index contributed by atoms with van der Waals surface area (Å²) in [5, 5.41) is 12.8. The van der Waals surface area contributed by atoms with Crippen LogP contribution in [0.3, 0.4) is 0 Å². The molecule has 0 aliphatic heterocycles. The van der Waals surface area contributed by atoms with Crippen molar-refractivity contribution in [1.29, 1.82) is 0 Å². The highest BCUT2D eigenvalue weighted by molar-refractivity contribution is 7.90. The van der Waals surface area contributed by atoms with Crippen LogP contribution in [-0.2, 0) is 10.0 Å². The van der Waals surface area contributed by atoms with Gasteiger partial charge in [0.2, 0.25) is 0 Å². The van der Waals surface area contributed by atoms with Crippen molar-refractivity contribution in [2.24, 2.45) is 4.40 Å². The maximum Gasteiger partial charge on any atom is 0.284 e. The Hall–Kier alpha value is -2.83. The Morgan fingerprint density at radius 1 is 0.885 bits per heavy atom. The molecule has 26 heavy (non-hydrogen) atoms. The zero-order valence-corrected chi connectivity index (χ0v) is 15.1. The summed E-state index contributed by atoms with van der Waals surface area (Å²) in [7, 11) is -3.94. The van der Waals surface area contributed by atoms with Gasteiger partial charge in [0, 0.05) is 16.3 Å². The molecule has 7 heteroatoms. The zero-order chi connectivity index (χ0) is 18.6. The van der Waals surface area contributed by atoms with Crippen molar-refractivity contribution in [1.82, 2.24) is 0 Å². The molecule has 132 valence electrons. The zero-order valence-electron chi connectivity index (χ0n) is 13.5. The van der Waals surface area contributed by atoms with Gasteiger partial charge in [0.05, 0.1) is 4.90 Å². The molecule has 3 rings (SSSR count). The van der Waals surface area contributed by atoms with Crippen molar-refractivity contribution in [2.45, 2.75) is 4.90 Å². The van der Waals surface area contributed by atoms with Crippen LogP contribution in [0.2, 0.25) is 5.02 Å². The van der Waals surface area contributed by atoms with Crippen molar-refractivity contribution in [3.63, 3.8) is 0 Å². The molecule has 0 aliphatic carbocycles. The molecule has 2 N–H and O–H groups in total. The van der Waals surface area contributed by atoms with E-state index in [0.29, 0.717) is 16.3 Å². The standard InChI is InChI=1S/C19H15ClN2O3S/c20-15-6-12-18(13-7-15)26(24,25)22-19(14-4-2-1-3-5-14)21-16-8-10-17(23)11-9-16/h1-13,23H,(H,21,22). The van der Waals surface area contributed by atoms with Crippen LogP contribution in [0.5, 0.6) is 5.75 Å². The van der Waals surface area contributed by atoms with Gasteiger partial charge >= 0.3 is 0 Å². The molecule has 0 saturated heterocycles. The van der Waals surface area contributed by atoms with E-state index in [-0.39, 0.29) is 16.5 Å². The molecule has 5 nitrogen and oxygen atoms in total. The molecule has 0 heterocycles. The molecule has 0 bridgehead atoms. The predicted molar refractivity (Wildman–Crippen MR) is 103 cm³/mol. The van der Waals surface area contributed by atoms with Gasteiger partial charge < -0.3 is 10.4 Å². The van der Waals surface area contributed by atoms with Gasteiger partial charge in [-0.3, -0.25) is 0 Å². The fourth-order valence-corrected chi connectivity index (χ4v) is 3.31. The Bertz CT molecular complexity index is 1020. The molecule has 0 spiro atoms. The molecule has 0 amide bonds. The molecule has 0 fully saturated rings. The van der Waals surface area contributed by atoms with Gasteiger partial charge in [0.25, 0.3) is 10.0 Å². The summed E-state index contributed by atoms with van der Waals surface area (Å²) >= 11 is 5.82. The van der Waals surface area contributed by atoms with Crippen LogP contribution < -0.4 is 5.32 Å². The maximum absolute atomic E-state index is 12.7.